The molecule has 0 saturated heterocycles. The zero-order valence-corrected chi connectivity index (χ0v) is 9.10. The Balaban J connectivity index is 2.37. The van der Waals surface area contributed by atoms with Crippen LogP contribution in [0.1, 0.15) is 33.1 Å². The van der Waals surface area contributed by atoms with E-state index in [2.05, 4.69) is 31.1 Å². The molecule has 1 rings (SSSR count). The third-order valence-electron chi connectivity index (χ3n) is 2.69. The second-order valence-electron chi connectivity index (χ2n) is 4.35. The van der Waals surface area contributed by atoms with Crippen LogP contribution in [0.2, 0.25) is 0 Å². The molecule has 0 aromatic heterocycles. The van der Waals surface area contributed by atoms with Gasteiger partial charge in [0.05, 0.1) is 0 Å². The first-order valence-electron chi connectivity index (χ1n) is 5.26. The van der Waals surface area contributed by atoms with Crippen molar-refractivity contribution in [1.29, 1.82) is 0 Å². The van der Waals surface area contributed by atoms with Crippen LogP contribution in [0.5, 0.6) is 0 Å². The van der Waals surface area contributed by atoms with E-state index in [0.29, 0.717) is 6.04 Å². The minimum atomic E-state index is -0.0816. The molecule has 0 unspecified atom stereocenters. The second-order valence-corrected chi connectivity index (χ2v) is 4.35. The Labute approximate surface area is 86.0 Å². The van der Waals surface area contributed by atoms with E-state index in [1.165, 1.54) is 12.5 Å². The molecule has 14 heavy (non-hydrogen) atoms. The second kappa shape index (κ2) is 4.60. The maximum Gasteiger partial charge on any atom is 0.243 e. The molecule has 0 radical (unpaired) electrons. The minimum absolute atomic E-state index is 0.0816. The molecule has 1 aliphatic rings. The van der Waals surface area contributed by atoms with Crippen molar-refractivity contribution in [1.82, 2.24) is 10.6 Å². The number of hydrogen-bond acceptors (Lipinski definition) is 2. The van der Waals surface area contributed by atoms with Crippen LogP contribution in [0.4, 0.5) is 0 Å². The largest absolute Gasteiger partial charge is 0.351 e. The van der Waals surface area contributed by atoms with Gasteiger partial charge in [0.1, 0.15) is 0 Å². The molecule has 0 bridgehead atoms. The van der Waals surface area contributed by atoms with Gasteiger partial charge in [0, 0.05) is 18.1 Å². The first kappa shape index (κ1) is 11.2. The predicted octanol–water partition coefficient (Wildman–Crippen LogP) is 1.21. The quantitative estimate of drug-likeness (QED) is 0.649. The van der Waals surface area contributed by atoms with Crippen LogP contribution in [-0.4, -0.2) is 24.0 Å². The van der Waals surface area contributed by atoms with Gasteiger partial charge in [-0.15, -0.1) is 0 Å². The Morgan fingerprint density at radius 2 is 2.21 bits per heavy atom. The van der Waals surface area contributed by atoms with E-state index in [1.807, 2.05) is 0 Å². The molecule has 0 heterocycles. The molecule has 0 atom stereocenters. The molecule has 80 valence electrons. The summed E-state index contributed by atoms with van der Waals surface area (Å²) >= 11 is 0. The fourth-order valence-electron chi connectivity index (χ4n) is 1.92. The Bertz CT molecular complexity index is 219. The maximum absolute atomic E-state index is 11.0. The monoisotopic (exact) mass is 196 g/mol. The Morgan fingerprint density at radius 3 is 2.57 bits per heavy atom. The Hall–Kier alpha value is -0.830. The molecule has 3 heteroatoms. The van der Waals surface area contributed by atoms with Crippen molar-refractivity contribution in [3.8, 4) is 0 Å². The summed E-state index contributed by atoms with van der Waals surface area (Å²) in [5.74, 6) is -0.0816. The SMILES string of the molecule is C=CC(=O)NCC1(NC(C)C)CCC1. The van der Waals surface area contributed by atoms with Gasteiger partial charge in [0.15, 0.2) is 0 Å². The lowest BCUT2D eigenvalue weighted by atomic mass is 9.76. The van der Waals surface area contributed by atoms with Crippen LogP contribution in [-0.2, 0) is 4.79 Å². The normalized spacial score (nSPS) is 18.8. The van der Waals surface area contributed by atoms with Crippen LogP contribution >= 0.6 is 0 Å². The molecule has 1 amide bonds. The highest BCUT2D eigenvalue weighted by molar-refractivity contribution is 5.86. The van der Waals surface area contributed by atoms with E-state index >= 15 is 0 Å². The van der Waals surface area contributed by atoms with Gasteiger partial charge in [-0.3, -0.25) is 4.79 Å². The molecule has 1 saturated carbocycles. The highest BCUT2D eigenvalue weighted by Crippen LogP contribution is 2.31. The molecular formula is C11H20N2O. The Morgan fingerprint density at radius 1 is 1.57 bits per heavy atom. The van der Waals surface area contributed by atoms with E-state index in [1.54, 1.807) is 0 Å². The third kappa shape index (κ3) is 2.84. The van der Waals surface area contributed by atoms with Crippen molar-refractivity contribution in [2.24, 2.45) is 0 Å². The number of nitrogens with one attached hydrogen (secondary N) is 2. The summed E-state index contributed by atoms with van der Waals surface area (Å²) < 4.78 is 0. The average Bonchev–Trinajstić information content (AvgIpc) is 2.08. The van der Waals surface area contributed by atoms with Crippen molar-refractivity contribution < 1.29 is 4.79 Å². The van der Waals surface area contributed by atoms with E-state index in [-0.39, 0.29) is 11.4 Å². The van der Waals surface area contributed by atoms with Crippen molar-refractivity contribution in [3.63, 3.8) is 0 Å². The standard InChI is InChI=1S/C11H20N2O/c1-4-10(14)12-8-11(6-5-7-11)13-9(2)3/h4,9,13H,1,5-8H2,2-3H3,(H,12,14). The average molecular weight is 196 g/mol. The van der Waals surface area contributed by atoms with E-state index in [4.69, 9.17) is 0 Å². The zero-order valence-electron chi connectivity index (χ0n) is 9.10. The first-order chi connectivity index (χ1) is 6.58. The van der Waals surface area contributed by atoms with Crippen molar-refractivity contribution in [2.75, 3.05) is 6.54 Å². The summed E-state index contributed by atoms with van der Waals surface area (Å²) in [5, 5.41) is 6.38. The summed E-state index contributed by atoms with van der Waals surface area (Å²) in [5.41, 5.74) is 0.146. The molecule has 0 aromatic carbocycles. The van der Waals surface area contributed by atoms with Gasteiger partial charge < -0.3 is 10.6 Å². The molecular weight excluding hydrogens is 176 g/mol. The molecule has 2 N–H and O–H groups in total. The van der Waals surface area contributed by atoms with E-state index in [9.17, 15) is 4.79 Å². The van der Waals surface area contributed by atoms with Gasteiger partial charge in [-0.05, 0) is 25.3 Å². The van der Waals surface area contributed by atoms with Crippen LogP contribution in [0.25, 0.3) is 0 Å². The van der Waals surface area contributed by atoms with Crippen molar-refractivity contribution in [3.05, 3.63) is 12.7 Å². The molecule has 0 spiro atoms. The number of rotatable bonds is 5. The smallest absolute Gasteiger partial charge is 0.243 e. The predicted molar refractivity (Wildman–Crippen MR) is 58.1 cm³/mol. The molecule has 1 aliphatic carbocycles. The van der Waals surface area contributed by atoms with Gasteiger partial charge in [-0.2, -0.15) is 0 Å². The summed E-state index contributed by atoms with van der Waals surface area (Å²) in [4.78, 5) is 11.0. The van der Waals surface area contributed by atoms with Gasteiger partial charge in [0.25, 0.3) is 0 Å². The summed E-state index contributed by atoms with van der Waals surface area (Å²) in [7, 11) is 0. The van der Waals surface area contributed by atoms with Crippen LogP contribution in [0.15, 0.2) is 12.7 Å². The number of carbonyl (C=O) groups excluding carboxylic acids is 1. The van der Waals surface area contributed by atoms with E-state index in [0.717, 1.165) is 19.4 Å². The van der Waals surface area contributed by atoms with Gasteiger partial charge in [0.2, 0.25) is 5.91 Å². The number of hydrogen-bond donors (Lipinski definition) is 2. The summed E-state index contributed by atoms with van der Waals surface area (Å²) in [6.45, 7) is 8.42. The maximum atomic E-state index is 11.0. The molecule has 3 nitrogen and oxygen atoms in total. The van der Waals surface area contributed by atoms with Gasteiger partial charge in [-0.25, -0.2) is 0 Å². The zero-order chi connectivity index (χ0) is 10.6. The molecule has 0 aromatic rings. The van der Waals surface area contributed by atoms with Crippen molar-refractivity contribution >= 4 is 5.91 Å². The first-order valence-corrected chi connectivity index (χ1v) is 5.26. The molecule has 0 aliphatic heterocycles. The fourth-order valence-corrected chi connectivity index (χ4v) is 1.92. The highest BCUT2D eigenvalue weighted by Gasteiger charge is 2.36. The Kier molecular flexibility index (Phi) is 3.69. The summed E-state index contributed by atoms with van der Waals surface area (Å²) in [6, 6.07) is 0.468. The van der Waals surface area contributed by atoms with Crippen LogP contribution in [0.3, 0.4) is 0 Å². The van der Waals surface area contributed by atoms with Gasteiger partial charge >= 0.3 is 0 Å². The minimum Gasteiger partial charge on any atom is -0.351 e. The molecule has 1 fully saturated rings. The lowest BCUT2D eigenvalue weighted by Gasteiger charge is -2.44. The van der Waals surface area contributed by atoms with Crippen molar-refractivity contribution in [2.45, 2.75) is 44.7 Å². The summed E-state index contributed by atoms with van der Waals surface area (Å²) in [6.07, 6.45) is 4.89. The van der Waals surface area contributed by atoms with Crippen LogP contribution in [0, 0.1) is 0 Å². The van der Waals surface area contributed by atoms with Crippen LogP contribution < -0.4 is 10.6 Å². The third-order valence-corrected chi connectivity index (χ3v) is 2.69. The lowest BCUT2D eigenvalue weighted by Crippen LogP contribution is -2.59. The topological polar surface area (TPSA) is 41.1 Å². The lowest BCUT2D eigenvalue weighted by molar-refractivity contribution is -0.117. The van der Waals surface area contributed by atoms with E-state index < -0.39 is 0 Å². The number of carbonyl (C=O) groups is 1. The fraction of sp³-hybridized carbons (Fsp3) is 0.727. The highest BCUT2D eigenvalue weighted by atomic mass is 16.1. The number of amides is 1. The van der Waals surface area contributed by atoms with Gasteiger partial charge in [-0.1, -0.05) is 20.4 Å².